The Kier molecular flexibility index (Phi) is 5.38. The number of ether oxygens (including phenoxy) is 1. The quantitative estimate of drug-likeness (QED) is 0.837. The molecule has 0 aliphatic carbocycles. The van der Waals surface area contributed by atoms with Gasteiger partial charge in [0, 0.05) is 25.2 Å². The predicted molar refractivity (Wildman–Crippen MR) is 79.0 cm³/mol. The molecule has 2 rings (SSSR count). The Morgan fingerprint density at radius 3 is 2.60 bits per heavy atom. The number of amides is 1. The first-order chi connectivity index (χ1) is 9.69. The van der Waals surface area contributed by atoms with E-state index in [9.17, 15) is 4.79 Å². The molecular weight excluding hydrogens is 254 g/mol. The lowest BCUT2D eigenvalue weighted by Crippen LogP contribution is -2.41. The van der Waals surface area contributed by atoms with Crippen molar-refractivity contribution in [2.75, 3.05) is 33.3 Å². The summed E-state index contributed by atoms with van der Waals surface area (Å²) in [6, 6.07) is 7.57. The summed E-state index contributed by atoms with van der Waals surface area (Å²) in [5, 5.41) is 2.59. The van der Waals surface area contributed by atoms with Gasteiger partial charge in [-0.25, -0.2) is 0 Å². The third-order valence-corrected chi connectivity index (χ3v) is 3.65. The first-order valence-electron chi connectivity index (χ1n) is 7.12. The number of likely N-dealkylation sites (tertiary alicyclic amines) is 1. The minimum absolute atomic E-state index is 0.0822. The summed E-state index contributed by atoms with van der Waals surface area (Å²) in [7, 11) is 1.62. The van der Waals surface area contributed by atoms with Crippen molar-refractivity contribution in [1.82, 2.24) is 10.2 Å². The van der Waals surface area contributed by atoms with E-state index in [0.29, 0.717) is 18.2 Å². The number of rotatable bonds is 5. The number of carbonyl (C=O) groups excluding carboxylic acids is 1. The first kappa shape index (κ1) is 14.8. The average Bonchev–Trinajstić information content (AvgIpc) is 2.49. The average molecular weight is 277 g/mol. The van der Waals surface area contributed by atoms with Crippen LogP contribution in [0, 0.1) is 0 Å². The van der Waals surface area contributed by atoms with Crippen molar-refractivity contribution in [1.29, 1.82) is 0 Å². The molecule has 1 fully saturated rings. The lowest BCUT2D eigenvalue weighted by atomic mass is 10.1. The minimum atomic E-state index is -0.0822. The highest BCUT2D eigenvalue weighted by atomic mass is 16.5. The number of benzene rings is 1. The van der Waals surface area contributed by atoms with Crippen LogP contribution in [0.4, 0.5) is 0 Å². The zero-order valence-corrected chi connectivity index (χ0v) is 12.0. The number of piperidine rings is 1. The highest BCUT2D eigenvalue weighted by molar-refractivity contribution is 5.94. The van der Waals surface area contributed by atoms with Gasteiger partial charge in [0.05, 0.1) is 0 Å². The number of hydrogen-bond donors (Lipinski definition) is 2. The second kappa shape index (κ2) is 7.26. The molecule has 1 amide bonds. The van der Waals surface area contributed by atoms with Gasteiger partial charge in [-0.05, 0) is 50.2 Å². The van der Waals surface area contributed by atoms with Crippen molar-refractivity contribution in [3.63, 3.8) is 0 Å². The van der Waals surface area contributed by atoms with Gasteiger partial charge in [0.25, 0.3) is 5.91 Å². The SMILES string of the molecule is CNC(=O)c1ccc(OCCN2CCC(N)CC2)cc1. The van der Waals surface area contributed by atoms with E-state index < -0.39 is 0 Å². The van der Waals surface area contributed by atoms with Crippen LogP contribution in [0.1, 0.15) is 23.2 Å². The fourth-order valence-corrected chi connectivity index (χ4v) is 2.32. The van der Waals surface area contributed by atoms with Crippen molar-refractivity contribution < 1.29 is 9.53 Å². The third-order valence-electron chi connectivity index (χ3n) is 3.65. The highest BCUT2D eigenvalue weighted by Gasteiger charge is 2.15. The molecule has 3 N–H and O–H groups in total. The van der Waals surface area contributed by atoms with Gasteiger partial charge in [0.15, 0.2) is 0 Å². The largest absolute Gasteiger partial charge is 0.492 e. The Labute approximate surface area is 120 Å². The van der Waals surface area contributed by atoms with Crippen molar-refractivity contribution in [2.24, 2.45) is 5.73 Å². The van der Waals surface area contributed by atoms with Crippen LogP contribution in [0.25, 0.3) is 0 Å². The lowest BCUT2D eigenvalue weighted by molar-refractivity contribution is 0.0963. The Bertz CT molecular complexity index is 425. The van der Waals surface area contributed by atoms with E-state index in [1.807, 2.05) is 12.1 Å². The monoisotopic (exact) mass is 277 g/mol. The molecule has 1 aromatic carbocycles. The summed E-state index contributed by atoms with van der Waals surface area (Å²) in [5.41, 5.74) is 6.52. The highest BCUT2D eigenvalue weighted by Crippen LogP contribution is 2.13. The van der Waals surface area contributed by atoms with Gasteiger partial charge in [-0.2, -0.15) is 0 Å². The standard InChI is InChI=1S/C15H23N3O2/c1-17-15(19)12-2-4-14(5-3-12)20-11-10-18-8-6-13(16)7-9-18/h2-5,13H,6-11,16H2,1H3,(H,17,19). The summed E-state index contributed by atoms with van der Waals surface area (Å²) in [5.74, 6) is 0.715. The molecule has 20 heavy (non-hydrogen) atoms. The third kappa shape index (κ3) is 4.21. The minimum Gasteiger partial charge on any atom is -0.492 e. The first-order valence-corrected chi connectivity index (χ1v) is 7.12. The Balaban J connectivity index is 1.73. The maximum atomic E-state index is 11.4. The maximum Gasteiger partial charge on any atom is 0.251 e. The van der Waals surface area contributed by atoms with Gasteiger partial charge < -0.3 is 15.8 Å². The summed E-state index contributed by atoms with van der Waals surface area (Å²) >= 11 is 0. The number of nitrogens with one attached hydrogen (secondary N) is 1. The molecule has 1 saturated heterocycles. The number of nitrogens with two attached hydrogens (primary N) is 1. The molecule has 1 heterocycles. The lowest BCUT2D eigenvalue weighted by Gasteiger charge is -2.29. The Morgan fingerprint density at radius 2 is 2.00 bits per heavy atom. The molecule has 0 bridgehead atoms. The zero-order chi connectivity index (χ0) is 14.4. The van der Waals surface area contributed by atoms with Crippen LogP contribution in [0.3, 0.4) is 0 Å². The van der Waals surface area contributed by atoms with E-state index in [-0.39, 0.29) is 5.91 Å². The van der Waals surface area contributed by atoms with Crippen LogP contribution in [0.5, 0.6) is 5.75 Å². The van der Waals surface area contributed by atoms with Gasteiger partial charge >= 0.3 is 0 Å². The molecule has 0 radical (unpaired) electrons. The molecule has 1 aliphatic rings. The number of carbonyl (C=O) groups is 1. The molecule has 0 saturated carbocycles. The number of nitrogens with zero attached hydrogens (tertiary/aromatic N) is 1. The van der Waals surface area contributed by atoms with Crippen LogP contribution >= 0.6 is 0 Å². The smallest absolute Gasteiger partial charge is 0.251 e. The summed E-state index contributed by atoms with van der Waals surface area (Å²) in [6.45, 7) is 3.69. The van der Waals surface area contributed by atoms with E-state index in [0.717, 1.165) is 38.2 Å². The van der Waals surface area contributed by atoms with E-state index in [1.165, 1.54) is 0 Å². The van der Waals surface area contributed by atoms with Gasteiger partial charge in [0.1, 0.15) is 12.4 Å². The molecular formula is C15H23N3O2. The van der Waals surface area contributed by atoms with E-state index >= 15 is 0 Å². The molecule has 0 unspecified atom stereocenters. The van der Waals surface area contributed by atoms with Crippen LogP contribution in [0.15, 0.2) is 24.3 Å². The normalized spacial score (nSPS) is 16.9. The molecule has 0 atom stereocenters. The molecule has 110 valence electrons. The van der Waals surface area contributed by atoms with E-state index in [2.05, 4.69) is 10.2 Å². The molecule has 1 aliphatic heterocycles. The number of hydrogen-bond acceptors (Lipinski definition) is 4. The van der Waals surface area contributed by atoms with E-state index in [4.69, 9.17) is 10.5 Å². The van der Waals surface area contributed by atoms with Crippen molar-refractivity contribution in [2.45, 2.75) is 18.9 Å². The Hall–Kier alpha value is -1.59. The van der Waals surface area contributed by atoms with Crippen molar-refractivity contribution >= 4 is 5.91 Å². The fraction of sp³-hybridized carbons (Fsp3) is 0.533. The molecule has 5 nitrogen and oxygen atoms in total. The Morgan fingerprint density at radius 1 is 1.35 bits per heavy atom. The summed E-state index contributed by atoms with van der Waals surface area (Å²) < 4.78 is 5.70. The molecule has 0 spiro atoms. The van der Waals surface area contributed by atoms with Crippen LogP contribution in [-0.4, -0.2) is 50.1 Å². The second-order valence-corrected chi connectivity index (χ2v) is 5.13. The van der Waals surface area contributed by atoms with Gasteiger partial charge in [0.2, 0.25) is 0 Å². The predicted octanol–water partition coefficient (Wildman–Crippen LogP) is 0.848. The van der Waals surface area contributed by atoms with Gasteiger partial charge in [-0.3, -0.25) is 9.69 Å². The summed E-state index contributed by atoms with van der Waals surface area (Å²) in [6.07, 6.45) is 2.14. The van der Waals surface area contributed by atoms with Crippen LogP contribution < -0.4 is 15.8 Å². The molecule has 0 aromatic heterocycles. The van der Waals surface area contributed by atoms with Crippen LogP contribution in [-0.2, 0) is 0 Å². The summed E-state index contributed by atoms with van der Waals surface area (Å²) in [4.78, 5) is 13.8. The van der Waals surface area contributed by atoms with Crippen LogP contribution in [0.2, 0.25) is 0 Å². The van der Waals surface area contributed by atoms with Gasteiger partial charge in [-0.15, -0.1) is 0 Å². The molecule has 5 heteroatoms. The topological polar surface area (TPSA) is 67.6 Å². The molecule has 1 aromatic rings. The second-order valence-electron chi connectivity index (χ2n) is 5.13. The van der Waals surface area contributed by atoms with Crippen molar-refractivity contribution in [3.8, 4) is 5.75 Å². The fourth-order valence-electron chi connectivity index (χ4n) is 2.32. The van der Waals surface area contributed by atoms with Gasteiger partial charge in [-0.1, -0.05) is 0 Å². The zero-order valence-electron chi connectivity index (χ0n) is 12.0. The van der Waals surface area contributed by atoms with E-state index in [1.54, 1.807) is 19.2 Å². The van der Waals surface area contributed by atoms with Crippen molar-refractivity contribution in [3.05, 3.63) is 29.8 Å². The maximum absolute atomic E-state index is 11.4.